The molecule has 0 radical (unpaired) electrons. The van der Waals surface area contributed by atoms with Crippen molar-refractivity contribution in [2.24, 2.45) is 0 Å². The standard InChI is InChI=1S/C24H24FN5O8S2/c25-6-7-37-17-3-1-2-15(8-17)12-36-14-20(23(32)33)26-22(31)11-30-10-16(28-29-30)13-38-18-4-5-19-21(9-18)39-24(27-19)40(34)35/h1-5,8-10,20,40H,6-7,11-14H2,(H,26,31)(H,32,33)/t20-/m0/s1. The van der Waals surface area contributed by atoms with Crippen LogP contribution in [0, 0.1) is 0 Å². The number of hydrogen-bond donors (Lipinski definition) is 3. The van der Waals surface area contributed by atoms with E-state index in [1.807, 2.05) is 0 Å². The Kier molecular flexibility index (Phi) is 9.93. The number of ether oxygens (including phenoxy) is 3. The lowest BCUT2D eigenvalue weighted by Crippen LogP contribution is -2.45. The van der Waals surface area contributed by atoms with Gasteiger partial charge < -0.3 is 24.6 Å². The Labute approximate surface area is 232 Å². The van der Waals surface area contributed by atoms with E-state index >= 15 is 0 Å². The van der Waals surface area contributed by atoms with Crippen molar-refractivity contribution in [2.75, 3.05) is 19.9 Å². The first-order valence-corrected chi connectivity index (χ1v) is 13.7. The van der Waals surface area contributed by atoms with Crippen molar-refractivity contribution in [3.8, 4) is 11.5 Å². The molecule has 212 valence electrons. The van der Waals surface area contributed by atoms with Gasteiger partial charge in [-0.2, -0.15) is 0 Å². The predicted octanol–water partition coefficient (Wildman–Crippen LogP) is 1.57. The maximum Gasteiger partial charge on any atom is 0.328 e. The van der Waals surface area contributed by atoms with Gasteiger partial charge in [0.2, 0.25) is 10.2 Å². The lowest BCUT2D eigenvalue weighted by molar-refractivity contribution is -0.144. The van der Waals surface area contributed by atoms with Crippen LogP contribution in [0.3, 0.4) is 0 Å². The molecule has 0 bridgehead atoms. The molecule has 0 unspecified atom stereocenters. The van der Waals surface area contributed by atoms with Gasteiger partial charge in [-0.25, -0.2) is 27.3 Å². The Balaban J connectivity index is 1.24. The van der Waals surface area contributed by atoms with Crippen molar-refractivity contribution in [3.63, 3.8) is 0 Å². The molecule has 0 saturated carbocycles. The summed E-state index contributed by atoms with van der Waals surface area (Å²) in [7, 11) is -2.77. The Bertz CT molecular complexity index is 1550. The predicted molar refractivity (Wildman–Crippen MR) is 140 cm³/mol. The van der Waals surface area contributed by atoms with Crippen molar-refractivity contribution < 1.29 is 41.7 Å². The summed E-state index contributed by atoms with van der Waals surface area (Å²) in [6.07, 6.45) is 1.48. The summed E-state index contributed by atoms with van der Waals surface area (Å²) < 4.78 is 52.8. The summed E-state index contributed by atoms with van der Waals surface area (Å²) in [5, 5.41) is 19.7. The summed E-state index contributed by atoms with van der Waals surface area (Å²) in [5.74, 6) is -0.945. The van der Waals surface area contributed by atoms with Crippen LogP contribution in [0.1, 0.15) is 11.3 Å². The molecule has 16 heteroatoms. The first-order chi connectivity index (χ1) is 19.3. The van der Waals surface area contributed by atoms with Crippen LogP contribution < -0.4 is 14.8 Å². The SMILES string of the molecule is O=C(Cn1cc(COc2ccc3nc([SH](=O)=O)sc3c2)nn1)N[C@@H](COCc1cccc(OCCF)c1)C(=O)O. The number of thiazole rings is 1. The molecule has 0 spiro atoms. The zero-order chi connectivity index (χ0) is 28.5. The summed E-state index contributed by atoms with van der Waals surface area (Å²) in [5.41, 5.74) is 1.65. The second-order valence-corrected chi connectivity index (χ2v) is 10.5. The molecule has 0 aliphatic heterocycles. The molecule has 2 heterocycles. The van der Waals surface area contributed by atoms with E-state index in [2.05, 4.69) is 20.6 Å². The molecule has 40 heavy (non-hydrogen) atoms. The number of carboxylic acids is 1. The van der Waals surface area contributed by atoms with Gasteiger partial charge in [0, 0.05) is 0 Å². The van der Waals surface area contributed by atoms with Crippen LogP contribution in [0.15, 0.2) is 53.0 Å². The highest BCUT2D eigenvalue weighted by atomic mass is 32.2. The quantitative estimate of drug-likeness (QED) is 0.171. The molecule has 0 aliphatic rings. The highest BCUT2D eigenvalue weighted by Gasteiger charge is 2.21. The van der Waals surface area contributed by atoms with Crippen molar-refractivity contribution in [2.45, 2.75) is 30.1 Å². The topological polar surface area (TPSA) is 172 Å². The van der Waals surface area contributed by atoms with E-state index in [1.165, 1.54) is 10.9 Å². The number of thiol groups is 1. The van der Waals surface area contributed by atoms with E-state index in [0.29, 0.717) is 33.0 Å². The van der Waals surface area contributed by atoms with E-state index in [1.54, 1.807) is 42.5 Å². The van der Waals surface area contributed by atoms with Crippen LogP contribution in [0.25, 0.3) is 10.2 Å². The smallest absolute Gasteiger partial charge is 0.328 e. The zero-order valence-corrected chi connectivity index (χ0v) is 22.5. The molecule has 13 nitrogen and oxygen atoms in total. The Morgan fingerprint density at radius 2 is 1.95 bits per heavy atom. The molecule has 2 aromatic heterocycles. The molecule has 0 fully saturated rings. The first kappa shape index (κ1) is 28.8. The van der Waals surface area contributed by atoms with Gasteiger partial charge in [-0.3, -0.25) is 4.79 Å². The molecular weight excluding hydrogens is 569 g/mol. The van der Waals surface area contributed by atoms with Crippen LogP contribution in [0.2, 0.25) is 0 Å². The van der Waals surface area contributed by atoms with Gasteiger partial charge >= 0.3 is 5.97 Å². The maximum atomic E-state index is 12.4. The molecule has 1 atom stereocenters. The minimum atomic E-state index is -2.77. The second-order valence-electron chi connectivity index (χ2n) is 8.24. The number of benzene rings is 2. The largest absolute Gasteiger partial charge is 0.491 e. The number of carbonyl (C=O) groups excluding carboxylic acids is 1. The van der Waals surface area contributed by atoms with Gasteiger partial charge in [-0.15, -0.1) is 16.4 Å². The van der Waals surface area contributed by atoms with Crippen LogP contribution >= 0.6 is 11.3 Å². The average Bonchev–Trinajstić information content (AvgIpc) is 3.57. The van der Waals surface area contributed by atoms with Crippen molar-refractivity contribution in [3.05, 3.63) is 59.9 Å². The van der Waals surface area contributed by atoms with Crippen molar-refractivity contribution >= 4 is 44.1 Å². The molecule has 1 amide bonds. The van der Waals surface area contributed by atoms with Gasteiger partial charge in [0.1, 0.15) is 43.6 Å². The average molecular weight is 594 g/mol. The molecule has 0 aliphatic carbocycles. The molecular formula is C24H24FN5O8S2. The number of nitrogens with one attached hydrogen (secondary N) is 1. The summed E-state index contributed by atoms with van der Waals surface area (Å²) in [6, 6.07) is 10.4. The molecule has 2 N–H and O–H groups in total. The fourth-order valence-electron chi connectivity index (χ4n) is 3.44. The summed E-state index contributed by atoms with van der Waals surface area (Å²) in [4.78, 5) is 28.1. The number of aromatic nitrogens is 4. The Hall–Kier alpha value is -4.15. The molecule has 4 rings (SSSR count). The number of nitrogens with zero attached hydrogens (tertiary/aromatic N) is 4. The zero-order valence-electron chi connectivity index (χ0n) is 20.8. The highest BCUT2D eigenvalue weighted by molar-refractivity contribution is 7.75. The van der Waals surface area contributed by atoms with E-state index in [0.717, 1.165) is 11.3 Å². The number of hydrogen-bond acceptors (Lipinski definition) is 11. The number of rotatable bonds is 15. The van der Waals surface area contributed by atoms with Gasteiger partial charge in [0.05, 0.1) is 29.6 Å². The number of alkyl halides is 1. The van der Waals surface area contributed by atoms with Crippen LogP contribution in [0.4, 0.5) is 4.39 Å². The lowest BCUT2D eigenvalue weighted by Gasteiger charge is -2.15. The normalized spacial score (nSPS) is 11.9. The number of amides is 1. The Morgan fingerprint density at radius 3 is 2.73 bits per heavy atom. The monoisotopic (exact) mass is 593 g/mol. The minimum absolute atomic E-state index is 0.0199. The van der Waals surface area contributed by atoms with Gasteiger partial charge in [-0.1, -0.05) is 17.3 Å². The van der Waals surface area contributed by atoms with E-state index in [4.69, 9.17) is 14.2 Å². The van der Waals surface area contributed by atoms with E-state index in [-0.39, 0.29) is 37.3 Å². The molecule has 2 aromatic carbocycles. The van der Waals surface area contributed by atoms with Crippen LogP contribution in [-0.4, -0.2) is 71.3 Å². The third kappa shape index (κ3) is 8.17. The van der Waals surface area contributed by atoms with Gasteiger partial charge in [0.15, 0.2) is 16.7 Å². The minimum Gasteiger partial charge on any atom is -0.491 e. The second kappa shape index (κ2) is 13.8. The maximum absolute atomic E-state index is 12.4. The number of aliphatic carboxylic acids is 1. The molecule has 4 aromatic rings. The van der Waals surface area contributed by atoms with Crippen molar-refractivity contribution in [1.29, 1.82) is 0 Å². The molecule has 0 saturated heterocycles. The summed E-state index contributed by atoms with van der Waals surface area (Å²) >= 11 is 1.03. The van der Waals surface area contributed by atoms with Gasteiger partial charge in [-0.05, 0) is 35.9 Å². The lowest BCUT2D eigenvalue weighted by atomic mass is 10.2. The fourth-order valence-corrected chi connectivity index (χ4v) is 4.95. The fraction of sp³-hybridized carbons (Fsp3) is 0.292. The van der Waals surface area contributed by atoms with Crippen molar-refractivity contribution in [1.82, 2.24) is 25.3 Å². The van der Waals surface area contributed by atoms with E-state index < -0.39 is 35.3 Å². The van der Waals surface area contributed by atoms with E-state index in [9.17, 15) is 27.5 Å². The third-order valence-electron chi connectivity index (χ3n) is 5.21. The Morgan fingerprint density at radius 1 is 1.12 bits per heavy atom. The van der Waals surface area contributed by atoms with Crippen LogP contribution in [0.5, 0.6) is 11.5 Å². The first-order valence-electron chi connectivity index (χ1n) is 11.7. The number of carbonyl (C=O) groups is 2. The van der Waals surface area contributed by atoms with Gasteiger partial charge in [0.25, 0.3) is 0 Å². The van der Waals surface area contributed by atoms with Crippen LogP contribution in [-0.2, 0) is 44.8 Å². The third-order valence-corrected chi connectivity index (χ3v) is 7.17. The summed E-state index contributed by atoms with van der Waals surface area (Å²) in [6.45, 7) is -1.17. The number of carboxylic acid groups (broad SMARTS) is 1. The number of fused-ring (bicyclic) bond motifs is 1. The number of halogens is 1. The highest BCUT2D eigenvalue weighted by Crippen LogP contribution is 2.27.